The first-order valence-corrected chi connectivity index (χ1v) is 5.31. The Morgan fingerprint density at radius 2 is 2.00 bits per heavy atom. The SMILES string of the molecule is C#CCCCOc1c(C)cc(C=O)cc1C. The summed E-state index contributed by atoms with van der Waals surface area (Å²) in [6.45, 7) is 4.50. The van der Waals surface area contributed by atoms with E-state index in [-0.39, 0.29) is 0 Å². The molecule has 84 valence electrons. The lowest BCUT2D eigenvalue weighted by Crippen LogP contribution is -2.01. The minimum absolute atomic E-state index is 0.617. The van der Waals surface area contributed by atoms with Gasteiger partial charge in [0.1, 0.15) is 12.0 Å². The van der Waals surface area contributed by atoms with Gasteiger partial charge in [-0.05, 0) is 43.5 Å². The summed E-state index contributed by atoms with van der Waals surface area (Å²) in [5, 5.41) is 0. The predicted molar refractivity (Wildman–Crippen MR) is 64.9 cm³/mol. The third-order valence-electron chi connectivity index (χ3n) is 2.33. The lowest BCUT2D eigenvalue weighted by molar-refractivity contribution is 0.112. The Morgan fingerprint density at radius 1 is 1.38 bits per heavy atom. The smallest absolute Gasteiger partial charge is 0.150 e. The number of rotatable bonds is 5. The molecule has 0 atom stereocenters. The van der Waals surface area contributed by atoms with E-state index in [4.69, 9.17) is 11.2 Å². The van der Waals surface area contributed by atoms with Crippen molar-refractivity contribution < 1.29 is 9.53 Å². The molecule has 0 aliphatic rings. The average molecular weight is 216 g/mol. The van der Waals surface area contributed by atoms with Crippen LogP contribution in [0, 0.1) is 26.2 Å². The van der Waals surface area contributed by atoms with Crippen molar-refractivity contribution in [2.45, 2.75) is 26.7 Å². The van der Waals surface area contributed by atoms with Gasteiger partial charge in [-0.3, -0.25) is 4.79 Å². The molecule has 0 heterocycles. The van der Waals surface area contributed by atoms with E-state index in [2.05, 4.69) is 5.92 Å². The van der Waals surface area contributed by atoms with Gasteiger partial charge in [-0.25, -0.2) is 0 Å². The number of aldehydes is 1. The van der Waals surface area contributed by atoms with Crippen LogP contribution in [0.15, 0.2) is 12.1 Å². The van der Waals surface area contributed by atoms with E-state index in [1.165, 1.54) is 0 Å². The first kappa shape index (κ1) is 12.3. The van der Waals surface area contributed by atoms with E-state index in [1.807, 2.05) is 26.0 Å². The van der Waals surface area contributed by atoms with Crippen LogP contribution in [0.1, 0.15) is 34.3 Å². The Labute approximate surface area is 96.6 Å². The van der Waals surface area contributed by atoms with Crippen molar-refractivity contribution in [3.63, 3.8) is 0 Å². The minimum Gasteiger partial charge on any atom is -0.493 e. The van der Waals surface area contributed by atoms with Gasteiger partial charge in [0.25, 0.3) is 0 Å². The third kappa shape index (κ3) is 3.13. The first-order chi connectivity index (χ1) is 7.69. The summed E-state index contributed by atoms with van der Waals surface area (Å²) in [6.07, 6.45) is 7.59. The lowest BCUT2D eigenvalue weighted by atomic mass is 10.1. The van der Waals surface area contributed by atoms with Gasteiger partial charge >= 0.3 is 0 Å². The Morgan fingerprint density at radius 3 is 2.50 bits per heavy atom. The van der Waals surface area contributed by atoms with Crippen LogP contribution < -0.4 is 4.74 Å². The van der Waals surface area contributed by atoms with Gasteiger partial charge in [-0.1, -0.05) is 0 Å². The molecule has 0 aliphatic carbocycles. The number of ether oxygens (including phenoxy) is 1. The molecule has 1 rings (SSSR count). The van der Waals surface area contributed by atoms with Gasteiger partial charge in [0.05, 0.1) is 6.61 Å². The fourth-order valence-corrected chi connectivity index (χ4v) is 1.63. The van der Waals surface area contributed by atoms with Crippen molar-refractivity contribution in [1.82, 2.24) is 0 Å². The number of unbranched alkanes of at least 4 members (excludes halogenated alkanes) is 1. The minimum atomic E-state index is 0.617. The number of benzene rings is 1. The number of terminal acetylenes is 1. The molecule has 0 radical (unpaired) electrons. The van der Waals surface area contributed by atoms with Crippen molar-refractivity contribution in [1.29, 1.82) is 0 Å². The van der Waals surface area contributed by atoms with Crippen LogP contribution in [-0.2, 0) is 0 Å². The molecule has 0 fully saturated rings. The van der Waals surface area contributed by atoms with Gasteiger partial charge in [0.2, 0.25) is 0 Å². The highest BCUT2D eigenvalue weighted by atomic mass is 16.5. The van der Waals surface area contributed by atoms with Gasteiger partial charge < -0.3 is 4.74 Å². The maximum Gasteiger partial charge on any atom is 0.150 e. The normalized spacial score (nSPS) is 9.56. The summed E-state index contributed by atoms with van der Waals surface area (Å²) >= 11 is 0. The third-order valence-corrected chi connectivity index (χ3v) is 2.33. The average Bonchev–Trinajstić information content (AvgIpc) is 2.26. The van der Waals surface area contributed by atoms with Gasteiger partial charge in [-0.15, -0.1) is 12.3 Å². The molecule has 0 amide bonds. The summed E-state index contributed by atoms with van der Waals surface area (Å²) in [4.78, 5) is 10.7. The van der Waals surface area contributed by atoms with Crippen molar-refractivity contribution in [2.75, 3.05) is 6.61 Å². The Hall–Kier alpha value is -1.75. The molecular weight excluding hydrogens is 200 g/mol. The van der Waals surface area contributed by atoms with Crippen LogP contribution in [0.2, 0.25) is 0 Å². The number of hydrogen-bond acceptors (Lipinski definition) is 2. The monoisotopic (exact) mass is 216 g/mol. The zero-order valence-corrected chi connectivity index (χ0v) is 9.75. The van der Waals surface area contributed by atoms with Gasteiger partial charge in [0, 0.05) is 12.0 Å². The number of aryl methyl sites for hydroxylation is 2. The molecule has 16 heavy (non-hydrogen) atoms. The highest BCUT2D eigenvalue weighted by Crippen LogP contribution is 2.24. The van der Waals surface area contributed by atoms with E-state index < -0.39 is 0 Å². The molecule has 0 spiro atoms. The van der Waals surface area contributed by atoms with Crippen LogP contribution in [0.25, 0.3) is 0 Å². The molecule has 0 saturated carbocycles. The second kappa shape index (κ2) is 5.97. The second-order valence-electron chi connectivity index (χ2n) is 3.76. The Kier molecular flexibility index (Phi) is 4.60. The molecule has 0 N–H and O–H groups in total. The van der Waals surface area contributed by atoms with Crippen LogP contribution in [0.4, 0.5) is 0 Å². The van der Waals surface area contributed by atoms with E-state index in [1.54, 1.807) is 0 Å². The van der Waals surface area contributed by atoms with Gasteiger partial charge in [-0.2, -0.15) is 0 Å². The highest BCUT2D eigenvalue weighted by molar-refractivity contribution is 5.76. The van der Waals surface area contributed by atoms with Gasteiger partial charge in [0.15, 0.2) is 0 Å². The summed E-state index contributed by atoms with van der Waals surface area (Å²) in [6, 6.07) is 3.66. The summed E-state index contributed by atoms with van der Waals surface area (Å²) in [5.74, 6) is 3.44. The lowest BCUT2D eigenvalue weighted by Gasteiger charge is -2.12. The highest BCUT2D eigenvalue weighted by Gasteiger charge is 2.05. The second-order valence-corrected chi connectivity index (χ2v) is 3.76. The molecule has 0 unspecified atom stereocenters. The summed E-state index contributed by atoms with van der Waals surface area (Å²) in [5.41, 5.74) is 2.66. The zero-order chi connectivity index (χ0) is 12.0. The molecule has 1 aromatic rings. The quantitative estimate of drug-likeness (QED) is 0.430. The van der Waals surface area contributed by atoms with E-state index in [9.17, 15) is 4.79 Å². The summed E-state index contributed by atoms with van der Waals surface area (Å²) < 4.78 is 5.66. The molecular formula is C14H16O2. The first-order valence-electron chi connectivity index (χ1n) is 5.31. The molecule has 1 aromatic carbocycles. The van der Waals surface area contributed by atoms with Crippen molar-refractivity contribution in [3.05, 3.63) is 28.8 Å². The molecule has 2 heteroatoms. The standard InChI is InChI=1S/C14H16O2/c1-4-5-6-7-16-14-11(2)8-13(10-15)9-12(14)3/h1,8-10H,5-7H2,2-3H3. The zero-order valence-electron chi connectivity index (χ0n) is 9.75. The topological polar surface area (TPSA) is 26.3 Å². The maximum atomic E-state index is 10.7. The van der Waals surface area contributed by atoms with Crippen LogP contribution in [-0.4, -0.2) is 12.9 Å². The van der Waals surface area contributed by atoms with E-state index >= 15 is 0 Å². The molecule has 2 nitrogen and oxygen atoms in total. The van der Waals surface area contributed by atoms with Crippen LogP contribution >= 0.6 is 0 Å². The fraction of sp³-hybridized carbons (Fsp3) is 0.357. The number of hydrogen-bond donors (Lipinski definition) is 0. The molecule has 0 aliphatic heterocycles. The fourth-order valence-electron chi connectivity index (χ4n) is 1.63. The Balaban J connectivity index is 2.73. The number of carbonyl (C=O) groups excluding carboxylic acids is 1. The van der Waals surface area contributed by atoms with Crippen LogP contribution in [0.3, 0.4) is 0 Å². The molecule has 0 bridgehead atoms. The predicted octanol–water partition coefficient (Wildman–Crippen LogP) is 2.91. The van der Waals surface area contributed by atoms with Crippen molar-refractivity contribution >= 4 is 6.29 Å². The number of carbonyl (C=O) groups is 1. The molecule has 0 aromatic heterocycles. The maximum absolute atomic E-state index is 10.7. The van der Waals surface area contributed by atoms with E-state index in [0.717, 1.165) is 36.0 Å². The van der Waals surface area contributed by atoms with Crippen molar-refractivity contribution in [3.8, 4) is 18.1 Å². The van der Waals surface area contributed by atoms with Crippen molar-refractivity contribution in [2.24, 2.45) is 0 Å². The summed E-state index contributed by atoms with van der Waals surface area (Å²) in [7, 11) is 0. The van der Waals surface area contributed by atoms with E-state index in [0.29, 0.717) is 12.2 Å². The molecule has 0 saturated heterocycles. The van der Waals surface area contributed by atoms with Crippen LogP contribution in [0.5, 0.6) is 5.75 Å². The Bertz CT molecular complexity index is 390. The largest absolute Gasteiger partial charge is 0.493 e.